The second-order valence-corrected chi connectivity index (χ2v) is 7.67. The monoisotopic (exact) mass is 398 g/mol. The van der Waals surface area contributed by atoms with Gasteiger partial charge >= 0.3 is 0 Å². The van der Waals surface area contributed by atoms with Gasteiger partial charge < -0.3 is 9.78 Å². The van der Waals surface area contributed by atoms with Crippen molar-refractivity contribution in [3.63, 3.8) is 0 Å². The van der Waals surface area contributed by atoms with Crippen molar-refractivity contribution in [1.29, 1.82) is 0 Å². The maximum absolute atomic E-state index is 4.60. The summed E-state index contributed by atoms with van der Waals surface area (Å²) < 4.78 is 0. The van der Waals surface area contributed by atoms with Crippen LogP contribution in [0.4, 0.5) is 0 Å². The Morgan fingerprint density at radius 3 is 1.36 bits per heavy atom. The Labute approximate surface area is 174 Å². The van der Waals surface area contributed by atoms with E-state index in [1.54, 1.807) is 0 Å². The van der Waals surface area contributed by atoms with E-state index in [-0.39, 0.29) is 0 Å². The van der Waals surface area contributed by atoms with Gasteiger partial charge in [-0.2, -0.15) is 0 Å². The standard InChI is InChI=1S/C24H46O4/c1-3-5-6-7-8-9-10-11-12-13-14-15-16-17-18-19-20-21-22-23-24-26-28-27-25-4-2/h4,23-24H,2-3,5-22H2,1H3. The highest BCUT2D eigenvalue weighted by Crippen LogP contribution is 2.14. The molecular formula is C24H46O4. The first-order valence-corrected chi connectivity index (χ1v) is 11.8. The molecule has 0 unspecified atom stereocenters. The molecular weight excluding hydrogens is 352 g/mol. The lowest BCUT2D eigenvalue weighted by molar-refractivity contribution is -0.607. The highest BCUT2D eigenvalue weighted by atomic mass is 17.7. The fourth-order valence-electron chi connectivity index (χ4n) is 3.35. The molecule has 0 bridgehead atoms. The van der Waals surface area contributed by atoms with Gasteiger partial charge in [0.15, 0.2) is 0 Å². The van der Waals surface area contributed by atoms with Crippen molar-refractivity contribution in [3.05, 3.63) is 25.2 Å². The number of allylic oxidation sites excluding steroid dienone is 1. The lowest BCUT2D eigenvalue weighted by Crippen LogP contribution is -1.88. The largest absolute Gasteiger partial charge is 0.314 e. The molecule has 0 N–H and O–H groups in total. The summed E-state index contributed by atoms with van der Waals surface area (Å²) in [6, 6.07) is 0. The second kappa shape index (κ2) is 26.0. The molecule has 166 valence electrons. The predicted molar refractivity (Wildman–Crippen MR) is 117 cm³/mol. The van der Waals surface area contributed by atoms with Gasteiger partial charge in [0.25, 0.3) is 0 Å². The van der Waals surface area contributed by atoms with E-state index in [1.165, 1.54) is 122 Å². The first-order valence-electron chi connectivity index (χ1n) is 11.8. The summed E-state index contributed by atoms with van der Waals surface area (Å²) in [6.45, 7) is 5.58. The number of hydrogen-bond acceptors (Lipinski definition) is 4. The average Bonchev–Trinajstić information content (AvgIpc) is 2.71. The molecule has 0 heterocycles. The van der Waals surface area contributed by atoms with Crippen LogP contribution in [0.25, 0.3) is 0 Å². The molecule has 0 saturated carbocycles. The third-order valence-electron chi connectivity index (χ3n) is 5.05. The highest BCUT2D eigenvalue weighted by Gasteiger charge is 1.95. The van der Waals surface area contributed by atoms with Gasteiger partial charge in [0, 0.05) is 10.1 Å². The molecule has 0 aliphatic carbocycles. The van der Waals surface area contributed by atoms with Crippen LogP contribution >= 0.6 is 0 Å². The summed E-state index contributed by atoms with van der Waals surface area (Å²) >= 11 is 0. The van der Waals surface area contributed by atoms with Gasteiger partial charge in [-0.1, -0.05) is 123 Å². The van der Waals surface area contributed by atoms with E-state index >= 15 is 0 Å². The van der Waals surface area contributed by atoms with E-state index < -0.39 is 0 Å². The van der Waals surface area contributed by atoms with Gasteiger partial charge in [-0.15, -0.1) is 0 Å². The lowest BCUT2D eigenvalue weighted by Gasteiger charge is -2.03. The molecule has 4 heteroatoms. The minimum Gasteiger partial charge on any atom is -0.314 e. The fourth-order valence-corrected chi connectivity index (χ4v) is 3.35. The first-order chi connectivity index (χ1) is 13.9. The maximum atomic E-state index is 4.60. The Bertz CT molecular complexity index is 318. The van der Waals surface area contributed by atoms with Crippen LogP contribution in [-0.2, 0) is 19.9 Å². The van der Waals surface area contributed by atoms with E-state index in [9.17, 15) is 0 Å². The van der Waals surface area contributed by atoms with Gasteiger partial charge in [0.05, 0.1) is 0 Å². The van der Waals surface area contributed by atoms with Crippen molar-refractivity contribution in [2.24, 2.45) is 0 Å². The lowest BCUT2D eigenvalue weighted by atomic mass is 10.0. The Balaban J connectivity index is 3.03. The van der Waals surface area contributed by atoms with Gasteiger partial charge in [-0.3, -0.25) is 0 Å². The number of hydrogen-bond donors (Lipinski definition) is 0. The third-order valence-corrected chi connectivity index (χ3v) is 5.05. The molecule has 0 aromatic carbocycles. The number of unbranched alkanes of at least 4 members (excludes halogenated alkanes) is 18. The Hall–Kier alpha value is -1.00. The molecule has 0 radical (unpaired) electrons. The molecule has 0 spiro atoms. The molecule has 28 heavy (non-hydrogen) atoms. The van der Waals surface area contributed by atoms with Gasteiger partial charge in [-0.25, -0.2) is 0 Å². The topological polar surface area (TPSA) is 36.9 Å². The van der Waals surface area contributed by atoms with E-state index in [0.717, 1.165) is 12.7 Å². The van der Waals surface area contributed by atoms with Crippen LogP contribution in [0.3, 0.4) is 0 Å². The van der Waals surface area contributed by atoms with Gasteiger partial charge in [-0.05, 0) is 18.9 Å². The molecule has 0 fully saturated rings. The molecule has 0 aromatic rings. The highest BCUT2D eigenvalue weighted by molar-refractivity contribution is 4.71. The van der Waals surface area contributed by atoms with E-state index in [2.05, 4.69) is 33.4 Å². The SMILES string of the molecule is C=COOOOC=CCCCCCCCCCCCCCCCCCCCC. The van der Waals surface area contributed by atoms with E-state index in [1.807, 2.05) is 6.08 Å². The zero-order valence-electron chi connectivity index (χ0n) is 18.5. The van der Waals surface area contributed by atoms with Crippen LogP contribution < -0.4 is 0 Å². The zero-order chi connectivity index (χ0) is 20.4. The van der Waals surface area contributed by atoms with Crippen molar-refractivity contribution < 1.29 is 19.9 Å². The summed E-state index contributed by atoms with van der Waals surface area (Å²) in [5.74, 6) is 0. The second-order valence-electron chi connectivity index (χ2n) is 7.67. The smallest absolute Gasteiger partial charge is 0.129 e. The summed E-state index contributed by atoms with van der Waals surface area (Å²) in [7, 11) is 0. The van der Waals surface area contributed by atoms with Crippen LogP contribution in [0.15, 0.2) is 25.2 Å². The molecule has 0 saturated heterocycles. The van der Waals surface area contributed by atoms with Crippen LogP contribution in [0.2, 0.25) is 0 Å². The summed E-state index contributed by atoms with van der Waals surface area (Å²) in [5, 5.41) is 8.37. The predicted octanol–water partition coefficient (Wildman–Crippen LogP) is 8.89. The molecule has 0 atom stereocenters. The van der Waals surface area contributed by atoms with Crippen LogP contribution in [0.1, 0.15) is 129 Å². The molecule has 0 aliphatic heterocycles. The molecule has 0 amide bonds. The minimum absolute atomic E-state index is 0.990. The minimum atomic E-state index is 0.990. The maximum Gasteiger partial charge on any atom is 0.129 e. The Morgan fingerprint density at radius 2 is 0.929 bits per heavy atom. The summed E-state index contributed by atoms with van der Waals surface area (Å²) in [6.07, 6.45) is 30.7. The normalized spacial score (nSPS) is 11.2. The van der Waals surface area contributed by atoms with Crippen molar-refractivity contribution in [1.82, 2.24) is 0 Å². The van der Waals surface area contributed by atoms with Gasteiger partial charge in [0.2, 0.25) is 0 Å². The average molecular weight is 399 g/mol. The van der Waals surface area contributed by atoms with Crippen molar-refractivity contribution in [2.75, 3.05) is 0 Å². The van der Waals surface area contributed by atoms with Crippen LogP contribution in [-0.4, -0.2) is 0 Å². The van der Waals surface area contributed by atoms with Crippen LogP contribution in [0, 0.1) is 0 Å². The summed E-state index contributed by atoms with van der Waals surface area (Å²) in [5.41, 5.74) is 0. The quantitative estimate of drug-likeness (QED) is 0.0704. The van der Waals surface area contributed by atoms with Crippen molar-refractivity contribution in [2.45, 2.75) is 129 Å². The third kappa shape index (κ3) is 25.0. The van der Waals surface area contributed by atoms with Crippen LogP contribution in [0.5, 0.6) is 0 Å². The van der Waals surface area contributed by atoms with Crippen molar-refractivity contribution in [3.8, 4) is 0 Å². The summed E-state index contributed by atoms with van der Waals surface area (Å²) in [4.78, 5) is 8.86. The fraction of sp³-hybridized carbons (Fsp3) is 0.833. The Kier molecular flexibility index (Phi) is 25.1. The molecule has 0 aromatic heterocycles. The van der Waals surface area contributed by atoms with Crippen molar-refractivity contribution >= 4 is 0 Å². The zero-order valence-corrected chi connectivity index (χ0v) is 18.5. The Morgan fingerprint density at radius 1 is 0.536 bits per heavy atom. The van der Waals surface area contributed by atoms with E-state index in [4.69, 9.17) is 0 Å². The first kappa shape index (κ1) is 27.0. The molecule has 0 aliphatic rings. The molecule has 0 rings (SSSR count). The van der Waals surface area contributed by atoms with Gasteiger partial charge in [0.1, 0.15) is 12.5 Å². The number of rotatable bonds is 24. The molecule has 4 nitrogen and oxygen atoms in total. The van der Waals surface area contributed by atoms with E-state index in [0.29, 0.717) is 0 Å².